The van der Waals surface area contributed by atoms with Gasteiger partial charge in [0.2, 0.25) is 5.91 Å². The van der Waals surface area contributed by atoms with E-state index in [9.17, 15) is 27.2 Å². The van der Waals surface area contributed by atoms with Gasteiger partial charge in [-0.3, -0.25) is 9.69 Å². The third-order valence-corrected chi connectivity index (χ3v) is 5.43. The van der Waals surface area contributed by atoms with Gasteiger partial charge in [0.25, 0.3) is 0 Å². The first kappa shape index (κ1) is 22.8. The van der Waals surface area contributed by atoms with Crippen LogP contribution < -0.4 is 4.90 Å². The molecule has 0 aliphatic heterocycles. The lowest BCUT2D eigenvalue weighted by molar-refractivity contribution is -0.115. The largest absolute Gasteiger partial charge is 0.456 e. The van der Waals surface area contributed by atoms with Gasteiger partial charge in [-0.2, -0.15) is 13.2 Å². The van der Waals surface area contributed by atoms with Crippen molar-refractivity contribution >= 4 is 45.8 Å². The zero-order chi connectivity index (χ0) is 22.6. The van der Waals surface area contributed by atoms with E-state index in [1.54, 1.807) is 11.4 Å². The Labute approximate surface area is 182 Å². The minimum Gasteiger partial charge on any atom is -0.456 e. The summed E-state index contributed by atoms with van der Waals surface area (Å²) in [5.74, 6) is -1.77. The molecular formula is C20H14F4N2O3S2. The molecule has 0 aliphatic carbocycles. The highest BCUT2D eigenvalue weighted by atomic mass is 32.2. The number of esters is 1. The van der Waals surface area contributed by atoms with Crippen molar-refractivity contribution < 1.29 is 31.9 Å². The summed E-state index contributed by atoms with van der Waals surface area (Å²) in [7, 11) is 0. The van der Waals surface area contributed by atoms with Crippen LogP contribution in [0, 0.1) is 5.82 Å². The number of hydrogen-bond donors (Lipinski definition) is 0. The molecule has 0 unspecified atom stereocenters. The maximum absolute atomic E-state index is 14.1. The number of carbonyl (C=O) groups is 2. The number of halogens is 4. The van der Waals surface area contributed by atoms with Crippen LogP contribution in [0.15, 0.2) is 58.8 Å². The normalized spacial score (nSPS) is 11.3. The van der Waals surface area contributed by atoms with Crippen LogP contribution in [0.2, 0.25) is 0 Å². The molecule has 1 amide bonds. The number of rotatable bonds is 6. The van der Waals surface area contributed by atoms with Crippen molar-refractivity contribution in [2.75, 3.05) is 4.90 Å². The summed E-state index contributed by atoms with van der Waals surface area (Å²) in [5, 5.41) is 1.76. The smallest absolute Gasteiger partial charge is 0.446 e. The topological polar surface area (TPSA) is 59.5 Å². The Bertz CT molecular complexity index is 1080. The first-order valence-corrected chi connectivity index (χ1v) is 10.4. The van der Waals surface area contributed by atoms with E-state index in [1.807, 2.05) is 0 Å². The van der Waals surface area contributed by atoms with E-state index >= 15 is 0 Å². The van der Waals surface area contributed by atoms with Gasteiger partial charge < -0.3 is 4.74 Å². The fraction of sp³-hybridized carbons (Fsp3) is 0.150. The predicted octanol–water partition coefficient (Wildman–Crippen LogP) is 5.94. The molecular weight excluding hydrogens is 456 g/mol. The van der Waals surface area contributed by atoms with Crippen LogP contribution in [0.25, 0.3) is 0 Å². The Hall–Kier alpha value is -2.92. The van der Waals surface area contributed by atoms with Crippen LogP contribution in [0.5, 0.6) is 0 Å². The zero-order valence-corrected chi connectivity index (χ0v) is 17.5. The number of nitrogens with zero attached hydrogens (tertiary/aromatic N) is 2. The lowest BCUT2D eigenvalue weighted by Gasteiger charge is -2.18. The Kier molecular flexibility index (Phi) is 6.96. The van der Waals surface area contributed by atoms with Crippen LogP contribution >= 0.6 is 23.1 Å². The number of hydrogen-bond acceptors (Lipinski definition) is 6. The number of amides is 1. The number of aromatic nitrogens is 1. The van der Waals surface area contributed by atoms with Crippen molar-refractivity contribution in [3.8, 4) is 0 Å². The van der Waals surface area contributed by atoms with E-state index in [4.69, 9.17) is 4.74 Å². The van der Waals surface area contributed by atoms with Gasteiger partial charge >= 0.3 is 11.5 Å². The molecule has 1 heterocycles. The highest BCUT2D eigenvalue weighted by Crippen LogP contribution is 2.36. The van der Waals surface area contributed by atoms with Crippen molar-refractivity contribution in [3.05, 3.63) is 71.0 Å². The number of thiazole rings is 1. The average molecular weight is 470 g/mol. The molecule has 0 bridgehead atoms. The second-order valence-electron chi connectivity index (χ2n) is 6.08. The number of anilines is 2. The van der Waals surface area contributed by atoms with Crippen LogP contribution in [0.4, 0.5) is 28.4 Å². The monoisotopic (exact) mass is 470 g/mol. The molecule has 0 saturated carbocycles. The van der Waals surface area contributed by atoms with Crippen LogP contribution in [-0.2, 0) is 16.1 Å². The summed E-state index contributed by atoms with van der Waals surface area (Å²) in [6.45, 7) is 1.05. The molecule has 1 aromatic heterocycles. The molecule has 0 saturated heterocycles. The number of benzene rings is 2. The molecule has 0 spiro atoms. The minimum atomic E-state index is -4.42. The van der Waals surface area contributed by atoms with Crippen LogP contribution in [-0.4, -0.2) is 22.4 Å². The molecule has 162 valence electrons. The second-order valence-corrected chi connectivity index (χ2v) is 8.05. The van der Waals surface area contributed by atoms with Crippen molar-refractivity contribution in [3.63, 3.8) is 0 Å². The molecule has 0 fully saturated rings. The molecule has 0 aliphatic rings. The molecule has 3 aromatic rings. The Balaban J connectivity index is 1.66. The van der Waals surface area contributed by atoms with Gasteiger partial charge in [-0.15, -0.1) is 11.3 Å². The molecule has 5 nitrogen and oxygen atoms in total. The fourth-order valence-corrected chi connectivity index (χ4v) is 3.93. The molecule has 0 N–H and O–H groups in total. The first-order chi connectivity index (χ1) is 14.6. The molecule has 11 heteroatoms. The molecule has 2 aromatic carbocycles. The second kappa shape index (κ2) is 9.48. The number of carbonyl (C=O) groups excluding carboxylic acids is 2. The lowest BCUT2D eigenvalue weighted by atomic mass is 10.2. The highest BCUT2D eigenvalue weighted by molar-refractivity contribution is 8.00. The quantitative estimate of drug-likeness (QED) is 0.254. The van der Waals surface area contributed by atoms with E-state index in [2.05, 4.69) is 4.98 Å². The Morgan fingerprint density at radius 3 is 2.42 bits per heavy atom. The molecule has 0 atom stereocenters. The Morgan fingerprint density at radius 1 is 1.13 bits per heavy atom. The van der Waals surface area contributed by atoms with Gasteiger partial charge in [-0.05, 0) is 48.2 Å². The maximum atomic E-state index is 14.1. The van der Waals surface area contributed by atoms with Crippen molar-refractivity contribution in [2.45, 2.75) is 23.9 Å². The van der Waals surface area contributed by atoms with Crippen LogP contribution in [0.1, 0.15) is 23.0 Å². The zero-order valence-electron chi connectivity index (χ0n) is 15.9. The minimum absolute atomic E-state index is 0.0460. The maximum Gasteiger partial charge on any atom is 0.446 e. The fourth-order valence-electron chi connectivity index (χ4n) is 2.52. The van der Waals surface area contributed by atoms with Gasteiger partial charge in [-0.25, -0.2) is 14.2 Å². The van der Waals surface area contributed by atoms with E-state index in [1.165, 1.54) is 49.4 Å². The van der Waals surface area contributed by atoms with Crippen molar-refractivity contribution in [2.24, 2.45) is 0 Å². The van der Waals surface area contributed by atoms with Crippen molar-refractivity contribution in [1.29, 1.82) is 0 Å². The van der Waals surface area contributed by atoms with Gasteiger partial charge in [0.1, 0.15) is 12.4 Å². The number of ether oxygens (including phenoxy) is 1. The van der Waals surface area contributed by atoms with E-state index in [-0.39, 0.29) is 39.6 Å². The van der Waals surface area contributed by atoms with Gasteiger partial charge in [0.05, 0.1) is 16.9 Å². The number of alkyl halides is 3. The molecule has 0 radical (unpaired) electrons. The molecule has 31 heavy (non-hydrogen) atoms. The van der Waals surface area contributed by atoms with E-state index in [0.717, 1.165) is 16.2 Å². The summed E-state index contributed by atoms with van der Waals surface area (Å²) < 4.78 is 56.3. The summed E-state index contributed by atoms with van der Waals surface area (Å²) in [6, 6.07) is 10.6. The Morgan fingerprint density at radius 2 is 1.81 bits per heavy atom. The summed E-state index contributed by atoms with van der Waals surface area (Å²) >= 11 is 0.790. The SMILES string of the molecule is CC(=O)N(c1nc(COC(=O)c2ccc(SC(F)(F)F)cc2)cs1)c1ccccc1F. The first-order valence-electron chi connectivity index (χ1n) is 8.66. The van der Waals surface area contributed by atoms with Gasteiger partial charge in [-0.1, -0.05) is 12.1 Å². The summed E-state index contributed by atoms with van der Waals surface area (Å²) in [5.41, 5.74) is -3.95. The number of para-hydroxylation sites is 1. The highest BCUT2D eigenvalue weighted by Gasteiger charge is 2.29. The third-order valence-electron chi connectivity index (χ3n) is 3.81. The standard InChI is InChI=1S/C20H14F4N2O3S2/c1-12(27)26(17-5-3-2-4-16(17)21)19-25-14(11-30-19)10-29-18(28)13-6-8-15(9-7-13)31-20(22,23)24/h2-9,11H,10H2,1H3. The number of thioether (sulfide) groups is 1. The average Bonchev–Trinajstić information content (AvgIpc) is 3.15. The molecule has 3 rings (SSSR count). The summed E-state index contributed by atoms with van der Waals surface area (Å²) in [4.78, 5) is 29.5. The van der Waals surface area contributed by atoms with Gasteiger partial charge in [0, 0.05) is 17.2 Å². The van der Waals surface area contributed by atoms with E-state index in [0.29, 0.717) is 5.69 Å². The third kappa shape index (κ3) is 6.05. The predicted molar refractivity (Wildman–Crippen MR) is 109 cm³/mol. The van der Waals surface area contributed by atoms with Crippen LogP contribution in [0.3, 0.4) is 0 Å². The van der Waals surface area contributed by atoms with Gasteiger partial charge in [0.15, 0.2) is 5.13 Å². The van der Waals surface area contributed by atoms with E-state index < -0.39 is 23.2 Å². The lowest BCUT2D eigenvalue weighted by Crippen LogP contribution is -2.23. The van der Waals surface area contributed by atoms with Crippen molar-refractivity contribution in [1.82, 2.24) is 4.98 Å². The summed E-state index contributed by atoms with van der Waals surface area (Å²) in [6.07, 6.45) is 0.